The zero-order valence-corrected chi connectivity index (χ0v) is 9.23. The number of carbonyl (C=O) groups is 3. The molecule has 0 saturated heterocycles. The molecule has 0 fully saturated rings. The SMILES string of the molecule is C=O.C=O.C=O.[Mo].c1ccccc1. The molecule has 0 unspecified atom stereocenters. The second kappa shape index (κ2) is 44.4. The first-order valence-corrected chi connectivity index (χ1v) is 2.87. The topological polar surface area (TPSA) is 51.2 Å². The van der Waals surface area contributed by atoms with E-state index in [2.05, 4.69) is 0 Å². The molecular formula is C9H12MoO3. The molecule has 0 aliphatic rings. The molecule has 0 aliphatic carbocycles. The van der Waals surface area contributed by atoms with E-state index in [1.165, 1.54) is 0 Å². The van der Waals surface area contributed by atoms with Crippen molar-refractivity contribution in [2.45, 2.75) is 0 Å². The van der Waals surface area contributed by atoms with Crippen LogP contribution in [0, 0.1) is 0 Å². The van der Waals surface area contributed by atoms with E-state index in [9.17, 15) is 0 Å². The van der Waals surface area contributed by atoms with Crippen LogP contribution in [0.2, 0.25) is 0 Å². The van der Waals surface area contributed by atoms with Gasteiger partial charge in [0, 0.05) is 21.1 Å². The Bertz CT molecular complexity index is 115. The Balaban J connectivity index is -0.0000000508. The van der Waals surface area contributed by atoms with E-state index in [4.69, 9.17) is 14.4 Å². The summed E-state index contributed by atoms with van der Waals surface area (Å²) in [5.74, 6) is 0. The Hall–Kier alpha value is -1.08. The zero-order valence-electron chi connectivity index (χ0n) is 7.22. The normalized spacial score (nSPS) is 4.62. The summed E-state index contributed by atoms with van der Waals surface area (Å²) in [6.45, 7) is 6.00. The maximum absolute atomic E-state index is 8.00. The van der Waals surface area contributed by atoms with Gasteiger partial charge in [-0.2, -0.15) is 0 Å². The largest absolute Gasteiger partial charge is 0.307 e. The second-order valence-corrected chi connectivity index (χ2v) is 1.15. The Morgan fingerprint density at radius 3 is 0.615 bits per heavy atom. The molecule has 72 valence electrons. The Morgan fingerprint density at radius 1 is 0.462 bits per heavy atom. The van der Waals surface area contributed by atoms with Crippen LogP contribution in [0.3, 0.4) is 0 Å². The van der Waals surface area contributed by atoms with E-state index < -0.39 is 0 Å². The minimum atomic E-state index is 0. The van der Waals surface area contributed by atoms with E-state index >= 15 is 0 Å². The first-order chi connectivity index (χ1) is 6.00. The standard InChI is InChI=1S/C6H6.3CH2O.Mo/c1-2-4-6-5-3-1;3*1-2;/h1-6H;3*1H2;. The Morgan fingerprint density at radius 2 is 0.538 bits per heavy atom. The fraction of sp³-hybridized carbons (Fsp3) is 0. The summed E-state index contributed by atoms with van der Waals surface area (Å²) in [5.41, 5.74) is 0. The third-order valence-corrected chi connectivity index (χ3v) is 0.667. The first kappa shape index (κ1) is 22.7. The van der Waals surface area contributed by atoms with Gasteiger partial charge in [-0.25, -0.2) is 0 Å². The van der Waals surface area contributed by atoms with E-state index in [0.717, 1.165) is 0 Å². The average molecular weight is 264 g/mol. The van der Waals surface area contributed by atoms with Crippen molar-refractivity contribution < 1.29 is 35.4 Å². The van der Waals surface area contributed by atoms with Crippen LogP contribution in [0.15, 0.2) is 36.4 Å². The van der Waals surface area contributed by atoms with Gasteiger partial charge in [0.05, 0.1) is 0 Å². The van der Waals surface area contributed by atoms with Crippen molar-refractivity contribution in [2.75, 3.05) is 0 Å². The predicted octanol–water partition coefficient (Wildman–Crippen LogP) is 1.13. The Labute approximate surface area is 92.4 Å². The van der Waals surface area contributed by atoms with Gasteiger partial charge in [0.1, 0.15) is 20.4 Å². The van der Waals surface area contributed by atoms with Gasteiger partial charge in [-0.15, -0.1) is 0 Å². The van der Waals surface area contributed by atoms with Crippen molar-refractivity contribution in [1.82, 2.24) is 0 Å². The average Bonchev–Trinajstić information content (AvgIpc) is 2.29. The molecular weight excluding hydrogens is 252 g/mol. The molecule has 0 saturated carbocycles. The van der Waals surface area contributed by atoms with Gasteiger partial charge in [0.2, 0.25) is 0 Å². The molecule has 0 spiro atoms. The Kier molecular flexibility index (Phi) is 77.4. The van der Waals surface area contributed by atoms with Crippen molar-refractivity contribution in [2.24, 2.45) is 0 Å². The minimum absolute atomic E-state index is 0. The van der Waals surface area contributed by atoms with Gasteiger partial charge in [0.25, 0.3) is 0 Å². The van der Waals surface area contributed by atoms with Crippen molar-refractivity contribution in [3.05, 3.63) is 36.4 Å². The smallest absolute Gasteiger partial charge is 0.106 e. The molecule has 0 amide bonds. The van der Waals surface area contributed by atoms with Crippen LogP contribution in [0.4, 0.5) is 0 Å². The number of carbonyl (C=O) groups excluding carboxylic acids is 3. The molecule has 0 aliphatic heterocycles. The predicted molar refractivity (Wildman–Crippen MR) is 47.8 cm³/mol. The molecule has 1 aromatic rings. The molecule has 0 bridgehead atoms. The van der Waals surface area contributed by atoms with Crippen LogP contribution >= 0.6 is 0 Å². The molecule has 0 aromatic heterocycles. The van der Waals surface area contributed by atoms with Gasteiger partial charge < -0.3 is 14.4 Å². The molecule has 0 atom stereocenters. The van der Waals surface area contributed by atoms with Crippen molar-refractivity contribution in [1.29, 1.82) is 0 Å². The summed E-state index contributed by atoms with van der Waals surface area (Å²) in [6.07, 6.45) is 0. The molecule has 4 heteroatoms. The quantitative estimate of drug-likeness (QED) is 0.660. The van der Waals surface area contributed by atoms with Gasteiger partial charge in [-0.1, -0.05) is 36.4 Å². The van der Waals surface area contributed by atoms with Crippen molar-refractivity contribution >= 4 is 20.4 Å². The fourth-order valence-electron chi connectivity index (χ4n) is 0.385. The van der Waals surface area contributed by atoms with Crippen LogP contribution in [-0.4, -0.2) is 20.4 Å². The molecule has 3 nitrogen and oxygen atoms in total. The second-order valence-electron chi connectivity index (χ2n) is 1.15. The summed E-state index contributed by atoms with van der Waals surface area (Å²) in [7, 11) is 0. The number of benzene rings is 1. The summed E-state index contributed by atoms with van der Waals surface area (Å²) in [4.78, 5) is 24.0. The summed E-state index contributed by atoms with van der Waals surface area (Å²) >= 11 is 0. The number of rotatable bonds is 0. The van der Waals surface area contributed by atoms with Gasteiger partial charge in [0.15, 0.2) is 0 Å². The molecule has 0 heterocycles. The van der Waals surface area contributed by atoms with Crippen LogP contribution in [0.25, 0.3) is 0 Å². The van der Waals surface area contributed by atoms with Gasteiger partial charge in [-0.05, 0) is 0 Å². The summed E-state index contributed by atoms with van der Waals surface area (Å²) in [6, 6.07) is 12.0. The van der Waals surface area contributed by atoms with Crippen LogP contribution in [0.1, 0.15) is 0 Å². The molecule has 1 rings (SSSR count). The van der Waals surface area contributed by atoms with E-state index in [0.29, 0.717) is 0 Å². The third-order valence-electron chi connectivity index (χ3n) is 0.667. The molecule has 13 heavy (non-hydrogen) atoms. The zero-order chi connectivity index (χ0) is 10.2. The molecule has 0 radical (unpaired) electrons. The van der Waals surface area contributed by atoms with E-state index in [1.807, 2.05) is 56.8 Å². The maximum Gasteiger partial charge on any atom is 0.106 e. The molecule has 0 N–H and O–H groups in total. The van der Waals surface area contributed by atoms with Gasteiger partial charge >= 0.3 is 0 Å². The van der Waals surface area contributed by atoms with Crippen molar-refractivity contribution in [3.8, 4) is 0 Å². The fourth-order valence-corrected chi connectivity index (χ4v) is 0.385. The van der Waals surface area contributed by atoms with Crippen LogP contribution in [0.5, 0.6) is 0 Å². The summed E-state index contributed by atoms with van der Waals surface area (Å²) < 4.78 is 0. The van der Waals surface area contributed by atoms with Crippen LogP contribution < -0.4 is 0 Å². The molecule has 1 aromatic carbocycles. The maximum atomic E-state index is 8.00. The van der Waals surface area contributed by atoms with Crippen LogP contribution in [-0.2, 0) is 35.4 Å². The third kappa shape index (κ3) is 35.9. The number of hydrogen-bond acceptors (Lipinski definition) is 3. The first-order valence-electron chi connectivity index (χ1n) is 2.87. The van der Waals surface area contributed by atoms with Gasteiger partial charge in [-0.3, -0.25) is 0 Å². The monoisotopic (exact) mass is 266 g/mol. The van der Waals surface area contributed by atoms with E-state index in [-0.39, 0.29) is 21.1 Å². The minimum Gasteiger partial charge on any atom is -0.307 e. The van der Waals surface area contributed by atoms with Crippen molar-refractivity contribution in [3.63, 3.8) is 0 Å². The van der Waals surface area contributed by atoms with E-state index in [1.54, 1.807) is 0 Å². The summed E-state index contributed by atoms with van der Waals surface area (Å²) in [5, 5.41) is 0. The number of hydrogen-bond donors (Lipinski definition) is 0.